The second-order valence-corrected chi connectivity index (χ2v) is 6.33. The van der Waals surface area contributed by atoms with E-state index in [1.807, 2.05) is 6.07 Å². The van der Waals surface area contributed by atoms with Crippen LogP contribution in [0.1, 0.15) is 32.1 Å². The molecule has 5 heteroatoms. The minimum atomic E-state index is 0.0369. The first-order valence-electron chi connectivity index (χ1n) is 8.68. The molecule has 0 bridgehead atoms. The molecule has 2 fully saturated rings. The molecule has 1 heterocycles. The third-order valence-corrected chi connectivity index (χ3v) is 4.67. The number of amides is 1. The van der Waals surface area contributed by atoms with Crippen LogP contribution in [0.15, 0.2) is 35.4 Å². The van der Waals surface area contributed by atoms with E-state index < -0.39 is 0 Å². The Kier molecular flexibility index (Phi) is 5.64. The molecule has 1 amide bonds. The first-order chi connectivity index (χ1) is 11.3. The Labute approximate surface area is 138 Å². The molecule has 1 N–H and O–H groups in total. The van der Waals surface area contributed by atoms with Gasteiger partial charge in [0.25, 0.3) is 0 Å². The molecular formula is C18H26N4O. The van der Waals surface area contributed by atoms with Crippen molar-refractivity contribution in [3.05, 3.63) is 30.3 Å². The van der Waals surface area contributed by atoms with Crippen LogP contribution in [0.5, 0.6) is 0 Å². The number of piperazine rings is 1. The smallest absolute Gasteiger partial charge is 0.241 e. The maximum atomic E-state index is 11.9. The van der Waals surface area contributed by atoms with Gasteiger partial charge in [0, 0.05) is 50.5 Å². The molecule has 23 heavy (non-hydrogen) atoms. The lowest BCUT2D eigenvalue weighted by atomic mass is 10.2. The van der Waals surface area contributed by atoms with Crippen molar-refractivity contribution < 1.29 is 4.79 Å². The summed E-state index contributed by atoms with van der Waals surface area (Å²) in [7, 11) is 0. The van der Waals surface area contributed by atoms with Crippen LogP contribution >= 0.6 is 0 Å². The number of carbonyl (C=O) groups excluding carboxylic acids is 1. The molecular weight excluding hydrogens is 288 g/mol. The van der Waals surface area contributed by atoms with Crippen molar-refractivity contribution in [2.45, 2.75) is 32.1 Å². The van der Waals surface area contributed by atoms with E-state index in [4.69, 9.17) is 0 Å². The average Bonchev–Trinajstić information content (AvgIpc) is 3.13. The summed E-state index contributed by atoms with van der Waals surface area (Å²) in [5.41, 5.74) is 5.15. The van der Waals surface area contributed by atoms with Crippen LogP contribution in [0.3, 0.4) is 0 Å². The number of rotatable bonds is 5. The Hall–Kier alpha value is -1.88. The molecule has 1 aromatic carbocycles. The summed E-state index contributed by atoms with van der Waals surface area (Å²) >= 11 is 0. The number of carbonyl (C=O) groups is 1. The summed E-state index contributed by atoms with van der Waals surface area (Å²) in [6.45, 7) is 4.88. The third-order valence-electron chi connectivity index (χ3n) is 4.67. The molecule has 0 aromatic heterocycles. The Morgan fingerprint density at radius 1 is 1.04 bits per heavy atom. The number of nitrogens with zero attached hydrogens (tertiary/aromatic N) is 3. The molecule has 1 aromatic rings. The van der Waals surface area contributed by atoms with Crippen molar-refractivity contribution in [2.24, 2.45) is 5.10 Å². The van der Waals surface area contributed by atoms with E-state index >= 15 is 0 Å². The number of anilines is 1. The van der Waals surface area contributed by atoms with Gasteiger partial charge in [0.05, 0.1) is 0 Å². The number of para-hydroxylation sites is 1. The Morgan fingerprint density at radius 2 is 1.74 bits per heavy atom. The fraction of sp³-hybridized carbons (Fsp3) is 0.556. The van der Waals surface area contributed by atoms with Gasteiger partial charge < -0.3 is 4.90 Å². The number of hydrogen-bond acceptors (Lipinski definition) is 4. The van der Waals surface area contributed by atoms with Crippen molar-refractivity contribution in [1.29, 1.82) is 0 Å². The summed E-state index contributed by atoms with van der Waals surface area (Å²) in [4.78, 5) is 16.6. The zero-order chi connectivity index (χ0) is 15.9. The highest BCUT2D eigenvalue weighted by Gasteiger charge is 2.17. The second kappa shape index (κ2) is 8.11. The zero-order valence-electron chi connectivity index (χ0n) is 13.7. The van der Waals surface area contributed by atoms with Crippen molar-refractivity contribution in [1.82, 2.24) is 10.3 Å². The van der Waals surface area contributed by atoms with Gasteiger partial charge in [-0.1, -0.05) is 18.2 Å². The minimum absolute atomic E-state index is 0.0369. The summed E-state index contributed by atoms with van der Waals surface area (Å²) in [5.74, 6) is 0.0369. The molecule has 0 atom stereocenters. The SMILES string of the molecule is O=C(CCN1CCN(c2ccccc2)CC1)NN=C1CCCC1. The third kappa shape index (κ3) is 4.79. The molecule has 1 aliphatic heterocycles. The number of hydrazone groups is 1. The maximum Gasteiger partial charge on any atom is 0.241 e. The maximum absolute atomic E-state index is 11.9. The monoisotopic (exact) mass is 314 g/mol. The van der Waals surface area contributed by atoms with Gasteiger partial charge >= 0.3 is 0 Å². The van der Waals surface area contributed by atoms with Gasteiger partial charge in [-0.2, -0.15) is 5.10 Å². The molecule has 0 spiro atoms. The molecule has 1 saturated carbocycles. The number of hydrogen-bond donors (Lipinski definition) is 1. The van der Waals surface area contributed by atoms with Gasteiger partial charge in [-0.15, -0.1) is 0 Å². The predicted octanol–water partition coefficient (Wildman–Crippen LogP) is 2.24. The lowest BCUT2D eigenvalue weighted by Gasteiger charge is -2.36. The highest BCUT2D eigenvalue weighted by atomic mass is 16.2. The molecule has 2 aliphatic rings. The van der Waals surface area contributed by atoms with E-state index in [9.17, 15) is 4.79 Å². The van der Waals surface area contributed by atoms with E-state index in [2.05, 4.69) is 44.6 Å². The van der Waals surface area contributed by atoms with E-state index in [1.165, 1.54) is 18.5 Å². The van der Waals surface area contributed by atoms with Crippen molar-refractivity contribution in [2.75, 3.05) is 37.6 Å². The highest BCUT2D eigenvalue weighted by Crippen LogP contribution is 2.16. The quantitative estimate of drug-likeness (QED) is 0.848. The van der Waals surface area contributed by atoms with E-state index in [0.29, 0.717) is 6.42 Å². The first-order valence-corrected chi connectivity index (χ1v) is 8.68. The van der Waals surface area contributed by atoms with Crippen molar-refractivity contribution >= 4 is 17.3 Å². The predicted molar refractivity (Wildman–Crippen MR) is 93.8 cm³/mol. The highest BCUT2D eigenvalue weighted by molar-refractivity contribution is 5.87. The minimum Gasteiger partial charge on any atom is -0.369 e. The molecule has 5 nitrogen and oxygen atoms in total. The summed E-state index contributed by atoms with van der Waals surface area (Å²) in [6.07, 6.45) is 5.03. The Morgan fingerprint density at radius 3 is 2.43 bits per heavy atom. The van der Waals surface area contributed by atoms with Crippen LogP contribution < -0.4 is 10.3 Å². The van der Waals surface area contributed by atoms with Crippen molar-refractivity contribution in [3.63, 3.8) is 0 Å². The van der Waals surface area contributed by atoms with Crippen LogP contribution in [0.25, 0.3) is 0 Å². The normalized spacial score (nSPS) is 19.0. The number of nitrogens with one attached hydrogen (secondary N) is 1. The molecule has 0 unspecified atom stereocenters. The molecule has 124 valence electrons. The topological polar surface area (TPSA) is 47.9 Å². The molecule has 3 rings (SSSR count). The first kappa shape index (κ1) is 16.0. The lowest BCUT2D eigenvalue weighted by molar-refractivity contribution is -0.121. The fourth-order valence-corrected chi connectivity index (χ4v) is 3.22. The Bertz CT molecular complexity index is 527. The number of benzene rings is 1. The van der Waals surface area contributed by atoms with Crippen LogP contribution in [0, 0.1) is 0 Å². The molecule has 1 aliphatic carbocycles. The van der Waals surface area contributed by atoms with Crippen molar-refractivity contribution in [3.8, 4) is 0 Å². The standard InChI is InChI=1S/C18H26N4O/c23-18(20-19-16-6-4-5-7-16)10-11-21-12-14-22(15-13-21)17-8-2-1-3-9-17/h1-3,8-9H,4-7,10-15H2,(H,20,23). The molecule has 1 saturated heterocycles. The van der Waals surface area contributed by atoms with Gasteiger partial charge in [-0.25, -0.2) is 5.43 Å². The van der Waals surface area contributed by atoms with Gasteiger partial charge in [0.2, 0.25) is 5.91 Å². The van der Waals surface area contributed by atoms with E-state index in [-0.39, 0.29) is 5.91 Å². The van der Waals surface area contributed by atoms with Gasteiger partial charge in [0.1, 0.15) is 0 Å². The zero-order valence-corrected chi connectivity index (χ0v) is 13.7. The summed E-state index contributed by atoms with van der Waals surface area (Å²) in [5, 5.41) is 4.23. The molecule has 0 radical (unpaired) electrons. The largest absolute Gasteiger partial charge is 0.369 e. The average molecular weight is 314 g/mol. The lowest BCUT2D eigenvalue weighted by Crippen LogP contribution is -2.47. The van der Waals surface area contributed by atoms with Crippen LogP contribution in [-0.4, -0.2) is 49.2 Å². The van der Waals surface area contributed by atoms with Crippen LogP contribution in [-0.2, 0) is 4.79 Å². The van der Waals surface area contributed by atoms with Gasteiger partial charge in [-0.3, -0.25) is 9.69 Å². The van der Waals surface area contributed by atoms with Gasteiger partial charge in [0.15, 0.2) is 0 Å². The van der Waals surface area contributed by atoms with Crippen LogP contribution in [0.4, 0.5) is 5.69 Å². The fourth-order valence-electron chi connectivity index (χ4n) is 3.22. The van der Waals surface area contributed by atoms with Crippen LogP contribution in [0.2, 0.25) is 0 Å². The van der Waals surface area contributed by atoms with E-state index in [0.717, 1.165) is 51.3 Å². The van der Waals surface area contributed by atoms with Gasteiger partial charge in [-0.05, 0) is 37.8 Å². The summed E-state index contributed by atoms with van der Waals surface area (Å²) in [6, 6.07) is 10.5. The second-order valence-electron chi connectivity index (χ2n) is 6.33. The summed E-state index contributed by atoms with van der Waals surface area (Å²) < 4.78 is 0. The Balaban J connectivity index is 1.36. The van der Waals surface area contributed by atoms with E-state index in [1.54, 1.807) is 0 Å².